The van der Waals surface area contributed by atoms with Crippen LogP contribution in [0.3, 0.4) is 0 Å². The van der Waals surface area contributed by atoms with Crippen molar-refractivity contribution >= 4 is 24.0 Å². The lowest BCUT2D eigenvalue weighted by atomic mass is 9.98. The third-order valence-corrected chi connectivity index (χ3v) is 5.01. The summed E-state index contributed by atoms with van der Waals surface area (Å²) in [5.41, 5.74) is 1.23. The molecule has 1 fully saturated rings. The molecule has 0 aromatic heterocycles. The molecule has 2 rings (SSSR count). The molecule has 126 valence electrons. The first kappa shape index (κ1) is 19.8. The minimum atomic E-state index is 0. The van der Waals surface area contributed by atoms with Crippen molar-refractivity contribution < 1.29 is 0 Å². The van der Waals surface area contributed by atoms with E-state index in [1.165, 1.54) is 76.2 Å². The van der Waals surface area contributed by atoms with Gasteiger partial charge in [0.25, 0.3) is 0 Å². The topological polar surface area (TPSA) is 12.0 Å². The highest BCUT2D eigenvalue weighted by atomic mass is 35.5. The van der Waals surface area contributed by atoms with Gasteiger partial charge in [-0.3, -0.25) is 0 Å². The maximum atomic E-state index is 6.25. The molecule has 0 bridgehead atoms. The molecule has 3 heteroatoms. The van der Waals surface area contributed by atoms with E-state index in [1.54, 1.807) is 0 Å². The zero-order chi connectivity index (χ0) is 14.8. The summed E-state index contributed by atoms with van der Waals surface area (Å²) in [4.78, 5) is 0. The average Bonchev–Trinajstić information content (AvgIpc) is 2.48. The summed E-state index contributed by atoms with van der Waals surface area (Å²) in [6.07, 6.45) is 15.4. The molecule has 1 nitrogen and oxygen atoms in total. The zero-order valence-corrected chi connectivity index (χ0v) is 15.2. The third kappa shape index (κ3) is 7.85. The van der Waals surface area contributed by atoms with Crippen molar-refractivity contribution in [1.82, 2.24) is 5.32 Å². The summed E-state index contributed by atoms with van der Waals surface area (Å²) in [7, 11) is 0. The van der Waals surface area contributed by atoms with Crippen LogP contribution in [0.25, 0.3) is 0 Å². The highest BCUT2D eigenvalue weighted by Gasteiger charge is 2.09. The SMILES string of the molecule is Cl.Clc1ccccc1CNC1CCCCCCCCCCC1. The summed E-state index contributed by atoms with van der Waals surface area (Å²) >= 11 is 6.25. The van der Waals surface area contributed by atoms with Crippen LogP contribution < -0.4 is 5.32 Å². The zero-order valence-electron chi connectivity index (χ0n) is 13.7. The van der Waals surface area contributed by atoms with Crippen molar-refractivity contribution in [1.29, 1.82) is 0 Å². The lowest BCUT2D eigenvalue weighted by molar-refractivity contribution is 0.403. The van der Waals surface area contributed by atoms with Gasteiger partial charge in [0.1, 0.15) is 0 Å². The Morgan fingerprint density at radius 2 is 1.32 bits per heavy atom. The molecule has 0 unspecified atom stereocenters. The second kappa shape index (κ2) is 12.2. The molecule has 1 aromatic carbocycles. The van der Waals surface area contributed by atoms with E-state index in [2.05, 4.69) is 17.4 Å². The lowest BCUT2D eigenvalue weighted by Gasteiger charge is -2.20. The quantitative estimate of drug-likeness (QED) is 0.658. The number of hydrogen-bond acceptors (Lipinski definition) is 1. The Morgan fingerprint density at radius 1 is 0.818 bits per heavy atom. The molecule has 0 spiro atoms. The Balaban J connectivity index is 0.00000242. The smallest absolute Gasteiger partial charge is 0.0450 e. The fraction of sp³-hybridized carbons (Fsp3) is 0.684. The predicted octanol–water partition coefficient (Wildman–Crippen LogP) is 6.52. The molecule has 0 heterocycles. The normalized spacial score (nSPS) is 18.8. The molecule has 22 heavy (non-hydrogen) atoms. The van der Waals surface area contributed by atoms with Crippen molar-refractivity contribution in [2.24, 2.45) is 0 Å². The molecule has 1 N–H and O–H groups in total. The number of benzene rings is 1. The van der Waals surface area contributed by atoms with Gasteiger partial charge < -0.3 is 5.32 Å². The minimum Gasteiger partial charge on any atom is -0.310 e. The fourth-order valence-corrected chi connectivity index (χ4v) is 3.47. The molecule has 1 aliphatic carbocycles. The van der Waals surface area contributed by atoms with Crippen LogP contribution in [0.2, 0.25) is 5.02 Å². The van der Waals surface area contributed by atoms with Crippen LogP contribution in [0.5, 0.6) is 0 Å². The average molecular weight is 344 g/mol. The van der Waals surface area contributed by atoms with Crippen LogP contribution in [-0.2, 0) is 6.54 Å². The number of nitrogens with one attached hydrogen (secondary N) is 1. The molecule has 0 saturated heterocycles. The van der Waals surface area contributed by atoms with Gasteiger partial charge in [0, 0.05) is 17.6 Å². The van der Waals surface area contributed by atoms with E-state index in [0.29, 0.717) is 6.04 Å². The Kier molecular flexibility index (Phi) is 11.0. The summed E-state index contributed by atoms with van der Waals surface area (Å²) in [6, 6.07) is 8.86. The van der Waals surface area contributed by atoms with Gasteiger partial charge in [-0.15, -0.1) is 12.4 Å². The molecule has 0 atom stereocenters. The Hall–Kier alpha value is -0.240. The van der Waals surface area contributed by atoms with Crippen molar-refractivity contribution in [3.8, 4) is 0 Å². The first-order valence-corrected chi connectivity index (χ1v) is 9.21. The second-order valence-electron chi connectivity index (χ2n) is 6.43. The van der Waals surface area contributed by atoms with Crippen LogP contribution in [0.4, 0.5) is 0 Å². The van der Waals surface area contributed by atoms with Gasteiger partial charge in [0.15, 0.2) is 0 Å². The van der Waals surface area contributed by atoms with Crippen LogP contribution in [0.15, 0.2) is 24.3 Å². The molecule has 0 amide bonds. The van der Waals surface area contributed by atoms with E-state index in [1.807, 2.05) is 12.1 Å². The standard InChI is InChI=1S/C19H30ClN.ClH/c20-19-15-11-10-12-17(19)16-21-18-13-8-6-4-2-1-3-5-7-9-14-18;/h10-12,15,18,21H,1-9,13-14,16H2;1H. The summed E-state index contributed by atoms with van der Waals surface area (Å²) in [5.74, 6) is 0. The largest absolute Gasteiger partial charge is 0.310 e. The summed E-state index contributed by atoms with van der Waals surface area (Å²) < 4.78 is 0. The van der Waals surface area contributed by atoms with Crippen molar-refractivity contribution in [3.05, 3.63) is 34.9 Å². The molecular formula is C19H31Cl2N. The molecule has 1 aromatic rings. The van der Waals surface area contributed by atoms with E-state index in [9.17, 15) is 0 Å². The van der Waals surface area contributed by atoms with Crippen molar-refractivity contribution in [2.75, 3.05) is 0 Å². The first-order chi connectivity index (χ1) is 10.4. The summed E-state index contributed by atoms with van der Waals surface area (Å²) in [6.45, 7) is 0.907. The van der Waals surface area contributed by atoms with E-state index in [4.69, 9.17) is 11.6 Å². The Bertz CT molecular complexity index is 383. The predicted molar refractivity (Wildman–Crippen MR) is 100 cm³/mol. The minimum absolute atomic E-state index is 0. The van der Waals surface area contributed by atoms with Crippen LogP contribution in [-0.4, -0.2) is 6.04 Å². The molecule has 0 aliphatic heterocycles. The van der Waals surface area contributed by atoms with E-state index in [-0.39, 0.29) is 12.4 Å². The lowest BCUT2D eigenvalue weighted by Crippen LogP contribution is -2.28. The van der Waals surface area contributed by atoms with Gasteiger partial charge in [-0.2, -0.15) is 0 Å². The monoisotopic (exact) mass is 343 g/mol. The van der Waals surface area contributed by atoms with Gasteiger partial charge in [-0.1, -0.05) is 87.6 Å². The van der Waals surface area contributed by atoms with Gasteiger partial charge >= 0.3 is 0 Å². The van der Waals surface area contributed by atoms with Gasteiger partial charge in [-0.25, -0.2) is 0 Å². The van der Waals surface area contributed by atoms with Crippen molar-refractivity contribution in [3.63, 3.8) is 0 Å². The fourth-order valence-electron chi connectivity index (χ4n) is 3.26. The van der Waals surface area contributed by atoms with E-state index in [0.717, 1.165) is 11.6 Å². The van der Waals surface area contributed by atoms with Crippen LogP contribution in [0, 0.1) is 0 Å². The highest BCUT2D eigenvalue weighted by molar-refractivity contribution is 6.31. The van der Waals surface area contributed by atoms with Crippen LogP contribution >= 0.6 is 24.0 Å². The second-order valence-corrected chi connectivity index (χ2v) is 6.84. The van der Waals surface area contributed by atoms with Gasteiger partial charge in [-0.05, 0) is 24.5 Å². The number of halogens is 2. The number of rotatable bonds is 3. The Morgan fingerprint density at radius 3 is 1.86 bits per heavy atom. The van der Waals surface area contributed by atoms with Gasteiger partial charge in [0.2, 0.25) is 0 Å². The van der Waals surface area contributed by atoms with Crippen LogP contribution in [0.1, 0.15) is 76.2 Å². The molecular weight excluding hydrogens is 313 g/mol. The maximum absolute atomic E-state index is 6.25. The first-order valence-electron chi connectivity index (χ1n) is 8.83. The summed E-state index contributed by atoms with van der Waals surface area (Å²) in [5, 5.41) is 4.63. The molecule has 0 radical (unpaired) electrons. The number of hydrogen-bond donors (Lipinski definition) is 1. The Labute approximate surface area is 147 Å². The molecule has 1 saturated carbocycles. The third-order valence-electron chi connectivity index (χ3n) is 4.64. The maximum Gasteiger partial charge on any atom is 0.0450 e. The molecule has 1 aliphatic rings. The van der Waals surface area contributed by atoms with E-state index < -0.39 is 0 Å². The van der Waals surface area contributed by atoms with Gasteiger partial charge in [0.05, 0.1) is 0 Å². The van der Waals surface area contributed by atoms with E-state index >= 15 is 0 Å². The highest BCUT2D eigenvalue weighted by Crippen LogP contribution is 2.19. The van der Waals surface area contributed by atoms with Crippen molar-refractivity contribution in [2.45, 2.75) is 83.2 Å².